The zero-order valence-corrected chi connectivity index (χ0v) is 5.65. The number of ether oxygens (including phenoxy) is 1. The van der Waals surface area contributed by atoms with Crippen LogP contribution in [0.2, 0.25) is 0 Å². The number of carbonyl (C=O) groups is 1. The number of hydrogen-bond donors (Lipinski definition) is 0. The fourth-order valence-electron chi connectivity index (χ4n) is 0.673. The Hall–Kier alpha value is -1.16. The van der Waals surface area contributed by atoms with Crippen LogP contribution in [0.5, 0.6) is 0 Å². The molecule has 0 radical (unpaired) electrons. The van der Waals surface area contributed by atoms with Crippen molar-refractivity contribution < 1.29 is 9.53 Å². The van der Waals surface area contributed by atoms with Gasteiger partial charge in [0.1, 0.15) is 12.4 Å². The molecule has 0 saturated heterocycles. The third kappa shape index (κ3) is 1.22. The zero-order valence-electron chi connectivity index (χ0n) is 5.65. The summed E-state index contributed by atoms with van der Waals surface area (Å²) < 4.78 is 6.25. The Morgan fingerprint density at radius 2 is 2.70 bits per heavy atom. The van der Waals surface area contributed by atoms with Crippen molar-refractivity contribution in [3.05, 3.63) is 18.0 Å². The quantitative estimate of drug-likeness (QED) is 0.567. The van der Waals surface area contributed by atoms with Crippen molar-refractivity contribution in [2.24, 2.45) is 0 Å². The van der Waals surface area contributed by atoms with Crippen LogP contribution in [0, 0.1) is 0 Å². The summed E-state index contributed by atoms with van der Waals surface area (Å²) in [6.07, 6.45) is 2.30. The molecule has 0 aromatic carbocycles. The van der Waals surface area contributed by atoms with E-state index < -0.39 is 0 Å². The third-order valence-electron chi connectivity index (χ3n) is 1.12. The van der Waals surface area contributed by atoms with Gasteiger partial charge < -0.3 is 4.74 Å². The number of methoxy groups -OCH3 is 1. The Morgan fingerprint density at radius 1 is 1.90 bits per heavy atom. The Labute approximate surface area is 58.4 Å². The molecule has 10 heavy (non-hydrogen) atoms. The molecule has 0 amide bonds. The van der Waals surface area contributed by atoms with E-state index in [0.29, 0.717) is 12.4 Å². The number of aldehydes is 1. The van der Waals surface area contributed by atoms with E-state index in [2.05, 4.69) is 5.10 Å². The molecule has 54 valence electrons. The lowest BCUT2D eigenvalue weighted by molar-refractivity contribution is 0.104. The Kier molecular flexibility index (Phi) is 2.17. The van der Waals surface area contributed by atoms with Crippen molar-refractivity contribution >= 4 is 6.29 Å². The summed E-state index contributed by atoms with van der Waals surface area (Å²) >= 11 is 0. The van der Waals surface area contributed by atoms with Gasteiger partial charge in [-0.3, -0.25) is 4.79 Å². The van der Waals surface area contributed by atoms with E-state index in [1.807, 2.05) is 0 Å². The number of hydrogen-bond acceptors (Lipinski definition) is 3. The van der Waals surface area contributed by atoms with Gasteiger partial charge in [0.25, 0.3) is 0 Å². The number of aromatic nitrogens is 2. The van der Waals surface area contributed by atoms with Gasteiger partial charge in [-0.1, -0.05) is 0 Å². The zero-order chi connectivity index (χ0) is 7.40. The lowest BCUT2D eigenvalue weighted by atomic mass is 10.5. The first-order valence-corrected chi connectivity index (χ1v) is 2.84. The molecule has 0 aliphatic rings. The van der Waals surface area contributed by atoms with Crippen LogP contribution in [0.25, 0.3) is 0 Å². The molecule has 0 N–H and O–H groups in total. The van der Waals surface area contributed by atoms with Crippen molar-refractivity contribution in [3.8, 4) is 0 Å². The first kappa shape index (κ1) is 6.95. The van der Waals surface area contributed by atoms with E-state index in [9.17, 15) is 4.79 Å². The lowest BCUT2D eigenvalue weighted by Crippen LogP contribution is -2.05. The molecule has 4 nitrogen and oxygen atoms in total. The highest BCUT2D eigenvalue weighted by molar-refractivity contribution is 5.71. The average Bonchev–Trinajstić information content (AvgIpc) is 2.36. The topological polar surface area (TPSA) is 44.1 Å². The molecule has 0 fully saturated rings. The fraction of sp³-hybridized carbons (Fsp3) is 0.333. The van der Waals surface area contributed by atoms with Crippen molar-refractivity contribution in [1.82, 2.24) is 9.78 Å². The van der Waals surface area contributed by atoms with Crippen LogP contribution in [0.3, 0.4) is 0 Å². The van der Waals surface area contributed by atoms with Gasteiger partial charge in [-0.2, -0.15) is 5.10 Å². The largest absolute Gasteiger partial charge is 0.362 e. The second-order valence-electron chi connectivity index (χ2n) is 1.79. The van der Waals surface area contributed by atoms with Gasteiger partial charge in [-0.05, 0) is 6.07 Å². The molecule has 0 saturated carbocycles. The predicted molar refractivity (Wildman–Crippen MR) is 34.6 cm³/mol. The fourth-order valence-corrected chi connectivity index (χ4v) is 0.673. The van der Waals surface area contributed by atoms with E-state index in [1.165, 1.54) is 4.68 Å². The highest BCUT2D eigenvalue weighted by atomic mass is 16.5. The van der Waals surface area contributed by atoms with Crippen molar-refractivity contribution in [1.29, 1.82) is 0 Å². The van der Waals surface area contributed by atoms with Gasteiger partial charge in [0, 0.05) is 13.3 Å². The average molecular weight is 140 g/mol. The summed E-state index contributed by atoms with van der Waals surface area (Å²) in [6, 6.07) is 1.63. The van der Waals surface area contributed by atoms with Crippen molar-refractivity contribution in [2.75, 3.05) is 7.11 Å². The van der Waals surface area contributed by atoms with Crippen LogP contribution in [-0.2, 0) is 11.5 Å². The first-order chi connectivity index (χ1) is 4.88. The SMILES string of the molecule is COCn1nccc1C=O. The standard InChI is InChI=1S/C6H8N2O2/c1-10-5-8-6(4-9)2-3-7-8/h2-4H,5H2,1H3. The van der Waals surface area contributed by atoms with Crippen LogP contribution >= 0.6 is 0 Å². The molecule has 4 heteroatoms. The van der Waals surface area contributed by atoms with Gasteiger partial charge in [-0.15, -0.1) is 0 Å². The Bertz CT molecular complexity index is 219. The van der Waals surface area contributed by atoms with Crippen LogP contribution in [0.4, 0.5) is 0 Å². The molecule has 0 spiro atoms. The van der Waals surface area contributed by atoms with Crippen molar-refractivity contribution in [2.45, 2.75) is 6.73 Å². The number of carbonyl (C=O) groups excluding carboxylic acids is 1. The lowest BCUT2D eigenvalue weighted by Gasteiger charge is -1.98. The van der Waals surface area contributed by atoms with E-state index in [4.69, 9.17) is 4.74 Å². The minimum absolute atomic E-state index is 0.321. The first-order valence-electron chi connectivity index (χ1n) is 2.84. The molecule has 0 aliphatic heterocycles. The normalized spacial score (nSPS) is 9.70. The molecule has 0 bridgehead atoms. The molecular weight excluding hydrogens is 132 g/mol. The summed E-state index contributed by atoms with van der Waals surface area (Å²) in [7, 11) is 1.55. The molecule has 1 aromatic rings. The Balaban J connectivity index is 2.79. The third-order valence-corrected chi connectivity index (χ3v) is 1.12. The maximum Gasteiger partial charge on any atom is 0.168 e. The second-order valence-corrected chi connectivity index (χ2v) is 1.79. The summed E-state index contributed by atoms with van der Waals surface area (Å²) in [5.41, 5.74) is 0.529. The van der Waals surface area contributed by atoms with Crippen LogP contribution < -0.4 is 0 Å². The van der Waals surface area contributed by atoms with E-state index in [0.717, 1.165) is 6.29 Å². The van der Waals surface area contributed by atoms with Crippen LogP contribution in [0.15, 0.2) is 12.3 Å². The predicted octanol–water partition coefficient (Wildman–Crippen LogP) is 0.299. The van der Waals surface area contributed by atoms with E-state index >= 15 is 0 Å². The summed E-state index contributed by atoms with van der Waals surface area (Å²) in [5.74, 6) is 0. The Morgan fingerprint density at radius 3 is 3.30 bits per heavy atom. The molecule has 0 unspecified atom stereocenters. The number of rotatable bonds is 3. The van der Waals surface area contributed by atoms with Gasteiger partial charge in [-0.25, -0.2) is 4.68 Å². The monoisotopic (exact) mass is 140 g/mol. The molecule has 0 atom stereocenters. The maximum atomic E-state index is 10.2. The number of nitrogens with zero attached hydrogens (tertiary/aromatic N) is 2. The smallest absolute Gasteiger partial charge is 0.168 e. The summed E-state index contributed by atoms with van der Waals surface area (Å²) in [5, 5.41) is 3.84. The minimum atomic E-state index is 0.321. The molecule has 1 rings (SSSR count). The molecule has 0 aliphatic carbocycles. The molecular formula is C6H8N2O2. The van der Waals surface area contributed by atoms with Gasteiger partial charge in [0.2, 0.25) is 0 Å². The van der Waals surface area contributed by atoms with Crippen molar-refractivity contribution in [3.63, 3.8) is 0 Å². The maximum absolute atomic E-state index is 10.2. The van der Waals surface area contributed by atoms with Gasteiger partial charge in [0.15, 0.2) is 6.29 Å². The highest BCUT2D eigenvalue weighted by Crippen LogP contribution is 1.93. The summed E-state index contributed by atoms with van der Waals surface area (Å²) in [6.45, 7) is 0.321. The van der Waals surface area contributed by atoms with E-state index in [-0.39, 0.29) is 0 Å². The van der Waals surface area contributed by atoms with E-state index in [1.54, 1.807) is 19.4 Å². The second kappa shape index (κ2) is 3.12. The molecule has 1 aromatic heterocycles. The summed E-state index contributed by atoms with van der Waals surface area (Å²) in [4.78, 5) is 10.2. The van der Waals surface area contributed by atoms with Crippen LogP contribution in [0.1, 0.15) is 10.5 Å². The van der Waals surface area contributed by atoms with Gasteiger partial charge >= 0.3 is 0 Å². The highest BCUT2D eigenvalue weighted by Gasteiger charge is 1.97. The minimum Gasteiger partial charge on any atom is -0.362 e. The van der Waals surface area contributed by atoms with Gasteiger partial charge in [0.05, 0.1) is 0 Å². The van der Waals surface area contributed by atoms with Crippen LogP contribution in [-0.4, -0.2) is 23.2 Å². The molecule has 1 heterocycles.